The van der Waals surface area contributed by atoms with Crippen LogP contribution in [0.15, 0.2) is 107 Å². The van der Waals surface area contributed by atoms with Gasteiger partial charge in [-0.2, -0.15) is 0 Å². The number of anilines is 3. The van der Waals surface area contributed by atoms with Crippen molar-refractivity contribution >= 4 is 43.0 Å². The lowest BCUT2D eigenvalue weighted by Crippen LogP contribution is -2.38. The maximum Gasteiger partial charge on any atom is 0.264 e. The van der Waals surface area contributed by atoms with E-state index in [0.717, 1.165) is 9.87 Å². The topological polar surface area (TPSA) is 131 Å². The van der Waals surface area contributed by atoms with Crippen LogP contribution in [0.5, 0.6) is 11.5 Å². The molecule has 0 radical (unpaired) electrons. The van der Waals surface area contributed by atoms with Crippen LogP contribution in [0.1, 0.15) is 5.56 Å². The summed E-state index contributed by atoms with van der Waals surface area (Å²) < 4.78 is 66.9. The Morgan fingerprint density at radius 3 is 2.05 bits per heavy atom. The summed E-state index contributed by atoms with van der Waals surface area (Å²) in [4.78, 5) is 13.1. The molecule has 0 aliphatic rings. The number of aryl methyl sites for hydroxylation is 1. The van der Waals surface area contributed by atoms with Crippen molar-refractivity contribution in [2.75, 3.05) is 35.1 Å². The van der Waals surface area contributed by atoms with E-state index in [1.165, 1.54) is 62.8 Å². The number of ether oxygens (including phenoxy) is 2. The third kappa shape index (κ3) is 6.97. The second-order valence-corrected chi connectivity index (χ2v) is 12.5. The first-order chi connectivity index (χ1) is 19.5. The third-order valence-corrected chi connectivity index (χ3v) is 9.18. The lowest BCUT2D eigenvalue weighted by atomic mass is 10.2. The van der Waals surface area contributed by atoms with Crippen LogP contribution >= 0.6 is 0 Å². The van der Waals surface area contributed by atoms with Crippen LogP contribution in [0.2, 0.25) is 0 Å². The first-order valence-corrected chi connectivity index (χ1v) is 15.2. The van der Waals surface area contributed by atoms with Crippen LogP contribution in [0.25, 0.3) is 0 Å². The Labute approximate surface area is 239 Å². The maximum absolute atomic E-state index is 13.6. The molecule has 0 bridgehead atoms. The molecule has 0 aliphatic carbocycles. The van der Waals surface area contributed by atoms with E-state index in [-0.39, 0.29) is 26.9 Å². The summed E-state index contributed by atoms with van der Waals surface area (Å²) in [5, 5.41) is 2.64. The number of nitrogens with zero attached hydrogens (tertiary/aromatic N) is 1. The van der Waals surface area contributed by atoms with Crippen molar-refractivity contribution in [1.29, 1.82) is 0 Å². The molecule has 0 unspecified atom stereocenters. The molecule has 4 rings (SSSR count). The highest BCUT2D eigenvalue weighted by Gasteiger charge is 2.28. The quantitative estimate of drug-likeness (QED) is 0.258. The van der Waals surface area contributed by atoms with E-state index in [2.05, 4.69) is 10.0 Å². The number of methoxy groups -OCH3 is 2. The van der Waals surface area contributed by atoms with Gasteiger partial charge < -0.3 is 14.8 Å². The van der Waals surface area contributed by atoms with E-state index >= 15 is 0 Å². The summed E-state index contributed by atoms with van der Waals surface area (Å²) in [6.45, 7) is 1.29. The highest BCUT2D eigenvalue weighted by Crippen LogP contribution is 2.34. The van der Waals surface area contributed by atoms with Gasteiger partial charge in [-0.25, -0.2) is 16.8 Å². The van der Waals surface area contributed by atoms with E-state index in [1.807, 2.05) is 13.0 Å². The molecular formula is C29H29N3O7S2. The van der Waals surface area contributed by atoms with Gasteiger partial charge in [0, 0.05) is 17.4 Å². The lowest BCUT2D eigenvalue weighted by molar-refractivity contribution is -0.114. The van der Waals surface area contributed by atoms with Gasteiger partial charge in [-0.1, -0.05) is 30.3 Å². The Morgan fingerprint density at radius 2 is 1.41 bits per heavy atom. The van der Waals surface area contributed by atoms with E-state index < -0.39 is 32.5 Å². The number of nitrogens with one attached hydrogen (secondary N) is 2. The van der Waals surface area contributed by atoms with E-state index in [9.17, 15) is 21.6 Å². The van der Waals surface area contributed by atoms with Crippen molar-refractivity contribution < 1.29 is 31.1 Å². The molecule has 0 heterocycles. The number of sulfonamides is 2. The summed E-state index contributed by atoms with van der Waals surface area (Å²) in [5.74, 6) is 0.0345. The van der Waals surface area contributed by atoms with Crippen molar-refractivity contribution in [2.45, 2.75) is 16.7 Å². The summed E-state index contributed by atoms with van der Waals surface area (Å²) in [5.41, 5.74) is 1.80. The minimum Gasteiger partial charge on any atom is -0.493 e. The first kappa shape index (κ1) is 29.4. The molecule has 4 aromatic rings. The van der Waals surface area contributed by atoms with Crippen LogP contribution < -0.4 is 23.8 Å². The number of carbonyl (C=O) groups is 1. The molecular weight excluding hydrogens is 566 g/mol. The molecule has 0 fully saturated rings. The van der Waals surface area contributed by atoms with Gasteiger partial charge in [-0.3, -0.25) is 13.8 Å². The number of hydrogen-bond donors (Lipinski definition) is 2. The number of carbonyl (C=O) groups excluding carboxylic acids is 1. The Bertz CT molecular complexity index is 1740. The molecule has 0 spiro atoms. The predicted octanol–water partition coefficient (Wildman–Crippen LogP) is 4.65. The molecule has 2 N–H and O–H groups in total. The van der Waals surface area contributed by atoms with Crippen molar-refractivity contribution in [3.8, 4) is 11.5 Å². The van der Waals surface area contributed by atoms with E-state index in [0.29, 0.717) is 11.4 Å². The fraction of sp³-hybridized carbons (Fsp3) is 0.138. The van der Waals surface area contributed by atoms with Gasteiger partial charge in [0.1, 0.15) is 6.54 Å². The van der Waals surface area contributed by atoms with Crippen molar-refractivity contribution in [3.05, 3.63) is 103 Å². The monoisotopic (exact) mass is 595 g/mol. The SMILES string of the molecule is COc1ccc(N(CC(=O)Nc2ccc(S(=O)(=O)Nc3cccc(C)c3)cc2)S(=O)(=O)c2ccccc2)cc1OC. The summed E-state index contributed by atoms with van der Waals surface area (Å²) in [6, 6.07) is 24.8. The molecule has 214 valence electrons. The standard InChI is InChI=1S/C29H29N3O7S2/c1-21-8-7-9-23(18-21)31-40(34,35)25-15-12-22(13-16-25)30-29(33)20-32(41(36,37)26-10-5-4-6-11-26)24-14-17-27(38-2)28(19-24)39-3/h4-19,31H,20H2,1-3H3,(H,30,33). The molecule has 0 atom stereocenters. The predicted molar refractivity (Wildman–Crippen MR) is 158 cm³/mol. The Hall–Kier alpha value is -4.55. The number of hydrogen-bond acceptors (Lipinski definition) is 7. The minimum atomic E-state index is -4.16. The summed E-state index contributed by atoms with van der Waals surface area (Å²) >= 11 is 0. The van der Waals surface area contributed by atoms with Gasteiger partial charge in [-0.15, -0.1) is 0 Å². The normalized spacial score (nSPS) is 11.4. The number of amides is 1. The maximum atomic E-state index is 13.6. The Kier molecular flexibility index (Phi) is 8.84. The van der Waals surface area contributed by atoms with Crippen molar-refractivity contribution in [3.63, 3.8) is 0 Å². The van der Waals surface area contributed by atoms with Crippen molar-refractivity contribution in [2.24, 2.45) is 0 Å². The highest BCUT2D eigenvalue weighted by molar-refractivity contribution is 7.93. The lowest BCUT2D eigenvalue weighted by Gasteiger charge is -2.25. The molecule has 0 saturated carbocycles. The molecule has 0 saturated heterocycles. The average Bonchev–Trinajstić information content (AvgIpc) is 2.96. The van der Waals surface area contributed by atoms with Gasteiger partial charge >= 0.3 is 0 Å². The zero-order valence-electron chi connectivity index (χ0n) is 22.6. The third-order valence-electron chi connectivity index (χ3n) is 5.99. The Balaban J connectivity index is 1.56. The first-order valence-electron chi connectivity index (χ1n) is 12.3. The van der Waals surface area contributed by atoms with Gasteiger partial charge in [0.2, 0.25) is 5.91 Å². The van der Waals surface area contributed by atoms with E-state index in [4.69, 9.17) is 9.47 Å². The van der Waals surface area contributed by atoms with Gasteiger partial charge in [-0.05, 0) is 73.2 Å². The van der Waals surface area contributed by atoms with Crippen molar-refractivity contribution in [1.82, 2.24) is 0 Å². The number of benzene rings is 4. The highest BCUT2D eigenvalue weighted by atomic mass is 32.2. The molecule has 1 amide bonds. The van der Waals surface area contributed by atoms with Gasteiger partial charge in [0.15, 0.2) is 11.5 Å². The molecule has 0 aliphatic heterocycles. The smallest absolute Gasteiger partial charge is 0.264 e. The van der Waals surface area contributed by atoms with Crippen LogP contribution in [0.4, 0.5) is 17.1 Å². The molecule has 0 aromatic heterocycles. The second-order valence-electron chi connectivity index (χ2n) is 8.91. The Morgan fingerprint density at radius 1 is 0.732 bits per heavy atom. The summed E-state index contributed by atoms with van der Waals surface area (Å²) in [7, 11) is -5.14. The van der Waals surface area contributed by atoms with Gasteiger partial charge in [0.05, 0.1) is 29.7 Å². The summed E-state index contributed by atoms with van der Waals surface area (Å²) in [6.07, 6.45) is 0. The molecule has 4 aromatic carbocycles. The molecule has 10 nitrogen and oxygen atoms in total. The zero-order valence-corrected chi connectivity index (χ0v) is 24.2. The second kappa shape index (κ2) is 12.3. The molecule has 41 heavy (non-hydrogen) atoms. The van der Waals surface area contributed by atoms with Crippen LogP contribution in [0, 0.1) is 6.92 Å². The van der Waals surface area contributed by atoms with Crippen LogP contribution in [0.3, 0.4) is 0 Å². The fourth-order valence-corrected chi connectivity index (χ4v) is 6.47. The minimum absolute atomic E-state index is 0.00162. The van der Waals surface area contributed by atoms with Crippen LogP contribution in [-0.4, -0.2) is 43.5 Å². The largest absolute Gasteiger partial charge is 0.493 e. The van der Waals surface area contributed by atoms with Crippen LogP contribution in [-0.2, 0) is 24.8 Å². The average molecular weight is 596 g/mol. The van der Waals surface area contributed by atoms with E-state index in [1.54, 1.807) is 42.5 Å². The zero-order chi connectivity index (χ0) is 29.6. The molecule has 12 heteroatoms. The van der Waals surface area contributed by atoms with Gasteiger partial charge in [0.25, 0.3) is 20.0 Å². The fourth-order valence-electron chi connectivity index (χ4n) is 3.99. The number of rotatable bonds is 11.